The van der Waals surface area contributed by atoms with Gasteiger partial charge in [-0.3, -0.25) is 14.4 Å². The van der Waals surface area contributed by atoms with Crippen molar-refractivity contribution in [1.29, 1.82) is 0 Å². The van der Waals surface area contributed by atoms with Gasteiger partial charge in [-0.1, -0.05) is 5.92 Å². The van der Waals surface area contributed by atoms with Crippen molar-refractivity contribution in [3.63, 3.8) is 0 Å². The summed E-state index contributed by atoms with van der Waals surface area (Å²) >= 11 is 0. The average molecular weight is 522 g/mol. The minimum atomic E-state index is -0.0632. The largest absolute Gasteiger partial charge is 0.488 e. The predicted octanol–water partition coefficient (Wildman–Crippen LogP) is 3.83. The summed E-state index contributed by atoms with van der Waals surface area (Å²) in [7, 11) is 1.89. The number of hydrogen-bond donors (Lipinski definition) is 1. The zero-order valence-corrected chi connectivity index (χ0v) is 22.0. The molecule has 2 aromatic heterocycles. The first-order valence-corrected chi connectivity index (χ1v) is 13.3. The quantitative estimate of drug-likeness (QED) is 0.370. The summed E-state index contributed by atoms with van der Waals surface area (Å²) in [5.41, 5.74) is 4.33. The minimum Gasteiger partial charge on any atom is -0.488 e. The number of hydrogen-bond acceptors (Lipinski definition) is 7. The lowest BCUT2D eigenvalue weighted by molar-refractivity contribution is -0.131. The Morgan fingerprint density at radius 2 is 2.00 bits per heavy atom. The van der Waals surface area contributed by atoms with E-state index in [0.29, 0.717) is 19.0 Å². The summed E-state index contributed by atoms with van der Waals surface area (Å²) in [6.07, 6.45) is 14.2. The second-order valence-electron chi connectivity index (χ2n) is 10.2. The van der Waals surface area contributed by atoms with Gasteiger partial charge in [0.05, 0.1) is 24.8 Å². The van der Waals surface area contributed by atoms with Gasteiger partial charge in [-0.25, -0.2) is 9.97 Å². The van der Waals surface area contributed by atoms with Crippen molar-refractivity contribution >= 4 is 28.4 Å². The van der Waals surface area contributed by atoms with Crippen LogP contribution in [0.3, 0.4) is 0 Å². The van der Waals surface area contributed by atoms with Crippen LogP contribution < -0.4 is 10.1 Å². The van der Waals surface area contributed by atoms with Gasteiger partial charge in [0.1, 0.15) is 11.9 Å². The summed E-state index contributed by atoms with van der Waals surface area (Å²) < 4.78 is 8.21. The molecule has 2 aromatic carbocycles. The van der Waals surface area contributed by atoms with E-state index in [4.69, 9.17) is 11.2 Å². The normalized spacial score (nSPS) is 17.4. The summed E-state index contributed by atoms with van der Waals surface area (Å²) in [5, 5.41) is 8.55. The molecule has 39 heavy (non-hydrogen) atoms. The zero-order valence-electron chi connectivity index (χ0n) is 22.0. The molecule has 2 saturated heterocycles. The average Bonchev–Trinajstić information content (AvgIpc) is 3.71. The highest BCUT2D eigenvalue weighted by atomic mass is 16.5. The monoisotopic (exact) mass is 521 g/mol. The second-order valence-corrected chi connectivity index (χ2v) is 10.2. The molecule has 2 fully saturated rings. The van der Waals surface area contributed by atoms with Gasteiger partial charge in [0, 0.05) is 60.7 Å². The van der Waals surface area contributed by atoms with E-state index in [0.717, 1.165) is 65.1 Å². The lowest BCUT2D eigenvalue weighted by Crippen LogP contribution is -2.38. The molecule has 9 heteroatoms. The van der Waals surface area contributed by atoms with Gasteiger partial charge in [0.25, 0.3) is 0 Å². The van der Waals surface area contributed by atoms with Gasteiger partial charge >= 0.3 is 0 Å². The number of nitrogens with one attached hydrogen (secondary N) is 1. The Morgan fingerprint density at radius 1 is 1.13 bits per heavy atom. The number of nitrogens with zero attached hydrogens (tertiary/aromatic N) is 6. The van der Waals surface area contributed by atoms with E-state index >= 15 is 0 Å². The van der Waals surface area contributed by atoms with Crippen LogP contribution in [-0.4, -0.2) is 74.3 Å². The molecule has 0 aliphatic carbocycles. The molecule has 1 unspecified atom stereocenters. The van der Waals surface area contributed by atoms with Gasteiger partial charge in [0.15, 0.2) is 0 Å². The minimum absolute atomic E-state index is 0.0632. The molecule has 0 saturated carbocycles. The van der Waals surface area contributed by atoms with Crippen molar-refractivity contribution in [2.75, 3.05) is 38.0 Å². The van der Waals surface area contributed by atoms with Gasteiger partial charge in [-0.05, 0) is 61.8 Å². The van der Waals surface area contributed by atoms with E-state index in [1.54, 1.807) is 10.9 Å². The lowest BCUT2D eigenvalue weighted by Gasteiger charge is -2.21. The van der Waals surface area contributed by atoms with E-state index in [1.165, 1.54) is 12.8 Å². The number of aromatic nitrogens is 4. The maximum absolute atomic E-state index is 12.8. The number of benzene rings is 2. The zero-order chi connectivity index (χ0) is 26.8. The van der Waals surface area contributed by atoms with E-state index < -0.39 is 0 Å². The third-order valence-electron chi connectivity index (χ3n) is 7.31. The van der Waals surface area contributed by atoms with Crippen LogP contribution >= 0.6 is 0 Å². The summed E-state index contributed by atoms with van der Waals surface area (Å²) in [5.74, 6) is 4.03. The molecule has 9 nitrogen and oxygen atoms in total. The maximum Gasteiger partial charge on any atom is 0.236 e. The molecule has 4 heterocycles. The fraction of sp³-hybridized carbons (Fsp3) is 0.333. The standard InChI is InChI=1S/C30H31N7O2/c1-3-21-6-7-28-23(12-21)16-31-30(34-28)33-25-13-22(24-17-32-35(2)18-24)14-27(15-25)39-26-8-11-37(19-26)29(38)20-36-9-4-5-10-36/h1,6-7,12-18,26H,4-5,8-11,19-20H2,2H3,(H,31,33,34). The number of aryl methyl sites for hydroxylation is 1. The number of amides is 1. The van der Waals surface area contributed by atoms with Gasteiger partial charge in [-0.15, -0.1) is 6.42 Å². The Bertz CT molecular complexity index is 1550. The number of anilines is 2. The Balaban J connectivity index is 1.21. The molecule has 0 bridgehead atoms. The molecule has 2 aliphatic rings. The Morgan fingerprint density at radius 3 is 2.79 bits per heavy atom. The number of ether oxygens (including phenoxy) is 1. The number of terminal acetylenes is 1. The third-order valence-corrected chi connectivity index (χ3v) is 7.31. The van der Waals surface area contributed by atoms with E-state index in [2.05, 4.69) is 31.2 Å². The second kappa shape index (κ2) is 10.8. The predicted molar refractivity (Wildman–Crippen MR) is 151 cm³/mol. The molecule has 1 N–H and O–H groups in total. The number of carbonyl (C=O) groups is 1. The number of carbonyl (C=O) groups excluding carboxylic acids is 1. The molecular weight excluding hydrogens is 490 g/mol. The van der Waals surface area contributed by atoms with E-state index in [-0.39, 0.29) is 12.0 Å². The molecule has 198 valence electrons. The van der Waals surface area contributed by atoms with Crippen LogP contribution in [0.25, 0.3) is 22.0 Å². The fourth-order valence-electron chi connectivity index (χ4n) is 5.26. The molecule has 1 amide bonds. The van der Waals surface area contributed by atoms with Crippen LogP contribution in [0, 0.1) is 12.3 Å². The number of fused-ring (bicyclic) bond motifs is 1. The van der Waals surface area contributed by atoms with Crippen molar-refractivity contribution in [1.82, 2.24) is 29.5 Å². The third kappa shape index (κ3) is 5.71. The van der Waals surface area contributed by atoms with E-state index in [9.17, 15) is 4.79 Å². The van der Waals surface area contributed by atoms with Crippen molar-refractivity contribution in [3.05, 3.63) is 60.6 Å². The molecule has 6 rings (SSSR count). The fourth-order valence-corrected chi connectivity index (χ4v) is 5.26. The first-order valence-electron chi connectivity index (χ1n) is 13.3. The van der Waals surface area contributed by atoms with Crippen molar-refractivity contribution in [2.45, 2.75) is 25.4 Å². The first kappa shape index (κ1) is 24.9. The number of likely N-dealkylation sites (tertiary alicyclic amines) is 2. The van der Waals surface area contributed by atoms with Crippen molar-refractivity contribution in [3.8, 4) is 29.2 Å². The lowest BCUT2D eigenvalue weighted by atomic mass is 10.1. The SMILES string of the molecule is C#Cc1ccc2nc(Nc3cc(OC4CCN(C(=O)CN5CCCC5)C4)cc(-c4cnn(C)c4)c3)ncc2c1. The highest BCUT2D eigenvalue weighted by molar-refractivity contribution is 5.81. The van der Waals surface area contributed by atoms with Crippen LogP contribution in [0.4, 0.5) is 11.6 Å². The first-order chi connectivity index (χ1) is 19.0. The molecule has 0 radical (unpaired) electrons. The molecule has 0 spiro atoms. The highest BCUT2D eigenvalue weighted by Gasteiger charge is 2.29. The summed E-state index contributed by atoms with van der Waals surface area (Å²) in [6.45, 7) is 3.86. The Kier molecular flexibility index (Phi) is 6.86. The summed E-state index contributed by atoms with van der Waals surface area (Å²) in [4.78, 5) is 26.1. The Hall–Kier alpha value is -4.42. The van der Waals surface area contributed by atoms with Crippen LogP contribution in [0.2, 0.25) is 0 Å². The van der Waals surface area contributed by atoms with Crippen molar-refractivity contribution in [2.24, 2.45) is 7.05 Å². The van der Waals surface area contributed by atoms with E-state index in [1.807, 2.05) is 60.7 Å². The molecule has 4 aromatic rings. The number of rotatable bonds is 7. The Labute approximate surface area is 227 Å². The molecule has 1 atom stereocenters. The van der Waals surface area contributed by atoms with Crippen LogP contribution in [0.15, 0.2) is 55.0 Å². The van der Waals surface area contributed by atoms with Crippen LogP contribution in [0.1, 0.15) is 24.8 Å². The topological polar surface area (TPSA) is 88.4 Å². The smallest absolute Gasteiger partial charge is 0.236 e. The molecular formula is C30H31N7O2. The van der Waals surface area contributed by atoms with Gasteiger partial charge in [0.2, 0.25) is 11.9 Å². The highest BCUT2D eigenvalue weighted by Crippen LogP contribution is 2.31. The van der Waals surface area contributed by atoms with Crippen molar-refractivity contribution < 1.29 is 9.53 Å². The molecule has 2 aliphatic heterocycles. The van der Waals surface area contributed by atoms with Crippen LogP contribution in [-0.2, 0) is 11.8 Å². The van der Waals surface area contributed by atoms with Gasteiger partial charge < -0.3 is 15.0 Å². The van der Waals surface area contributed by atoms with Crippen LogP contribution in [0.5, 0.6) is 5.75 Å². The maximum atomic E-state index is 12.8. The van der Waals surface area contributed by atoms with Gasteiger partial charge in [-0.2, -0.15) is 5.10 Å². The summed E-state index contributed by atoms with van der Waals surface area (Å²) in [6, 6.07) is 11.7.